The molecule has 0 radical (unpaired) electrons. The van der Waals surface area contributed by atoms with Crippen LogP contribution < -0.4 is 9.80 Å². The number of nitrogens with zero attached hydrogens (tertiary/aromatic N) is 12. The molecule has 0 aliphatic carbocycles. The number of fused-ring (bicyclic) bond motifs is 2. The van der Waals surface area contributed by atoms with E-state index in [0.717, 1.165) is 22.3 Å². The molecular formula is C46H44F2N12O6S4. The summed E-state index contributed by atoms with van der Waals surface area (Å²) in [4.78, 5) is 33.7. The van der Waals surface area contributed by atoms with E-state index in [1.165, 1.54) is 68.1 Å². The zero-order valence-corrected chi connectivity index (χ0v) is 41.3. The van der Waals surface area contributed by atoms with Gasteiger partial charge in [-0.15, -0.1) is 22.7 Å². The first-order valence-corrected chi connectivity index (χ1v) is 27.0. The number of sulfonamides is 2. The van der Waals surface area contributed by atoms with E-state index in [0.29, 0.717) is 100 Å². The van der Waals surface area contributed by atoms with Crippen LogP contribution in [0, 0.1) is 11.6 Å². The minimum atomic E-state index is -3.25. The Bertz CT molecular complexity index is 3560. The Balaban J connectivity index is 0.000000174. The summed E-state index contributed by atoms with van der Waals surface area (Å²) in [7, 11) is -2.89. The van der Waals surface area contributed by atoms with Crippen LogP contribution in [0.3, 0.4) is 0 Å². The maximum absolute atomic E-state index is 13.3. The number of carbonyl (C=O) groups is 1. The van der Waals surface area contributed by atoms with Crippen molar-refractivity contribution in [2.24, 2.45) is 0 Å². The minimum absolute atomic E-state index is 0.219. The Hall–Kier alpha value is -6.67. The van der Waals surface area contributed by atoms with Crippen molar-refractivity contribution in [3.8, 4) is 22.5 Å². The van der Waals surface area contributed by atoms with Crippen LogP contribution in [-0.4, -0.2) is 129 Å². The van der Waals surface area contributed by atoms with Gasteiger partial charge in [-0.25, -0.2) is 45.6 Å². The highest BCUT2D eigenvalue weighted by molar-refractivity contribution is 7.88. The molecule has 8 aromatic rings. The fraction of sp³-hybridized carbons (Fsp3) is 0.239. The van der Waals surface area contributed by atoms with Gasteiger partial charge in [0.15, 0.2) is 39.5 Å². The number of benzene rings is 2. The van der Waals surface area contributed by atoms with Crippen LogP contribution in [-0.2, 0) is 26.7 Å². The Kier molecular flexibility index (Phi) is 13.5. The summed E-state index contributed by atoms with van der Waals surface area (Å²) < 4.78 is 79.9. The summed E-state index contributed by atoms with van der Waals surface area (Å²) in [5.41, 5.74) is 8.01. The predicted octanol–water partition coefficient (Wildman–Crippen LogP) is 6.92. The van der Waals surface area contributed by atoms with Gasteiger partial charge in [-0.2, -0.15) is 27.8 Å². The molecule has 0 saturated carbocycles. The third-order valence-electron chi connectivity index (χ3n) is 11.7. The number of imidazole rings is 2. The van der Waals surface area contributed by atoms with E-state index >= 15 is 0 Å². The first kappa shape index (κ1) is 48.4. The molecular weight excluding hydrogens is 983 g/mol. The van der Waals surface area contributed by atoms with Crippen molar-refractivity contribution < 1.29 is 35.5 Å². The number of hydrogen-bond acceptors (Lipinski definition) is 16. The zero-order valence-electron chi connectivity index (χ0n) is 38.0. The molecule has 0 atom stereocenters. The highest BCUT2D eigenvalue weighted by atomic mass is 32.2. The Labute approximate surface area is 409 Å². The zero-order chi connectivity index (χ0) is 49.5. The van der Waals surface area contributed by atoms with Crippen molar-refractivity contribution >= 4 is 93.3 Å². The molecule has 0 amide bonds. The third kappa shape index (κ3) is 10.0. The predicted molar refractivity (Wildman–Crippen MR) is 266 cm³/mol. The molecule has 0 spiro atoms. The Morgan fingerprint density at radius 2 is 1.07 bits per heavy atom. The molecule has 8 heterocycles. The van der Waals surface area contributed by atoms with Crippen LogP contribution in [0.1, 0.15) is 40.4 Å². The summed E-state index contributed by atoms with van der Waals surface area (Å²) in [6.45, 7) is 1.09. The maximum Gasteiger partial charge on any atom is 0.211 e. The number of rotatable bonds is 12. The molecule has 2 aliphatic heterocycles. The van der Waals surface area contributed by atoms with Gasteiger partial charge in [0.05, 0.1) is 41.9 Å². The molecule has 6 aromatic heterocycles. The summed E-state index contributed by atoms with van der Waals surface area (Å²) in [6, 6.07) is 19.5. The second-order valence-electron chi connectivity index (χ2n) is 16.3. The summed E-state index contributed by atoms with van der Waals surface area (Å²) >= 11 is 2.79. The number of aldehydes is 1. The highest BCUT2D eigenvalue weighted by Gasteiger charge is 2.26. The van der Waals surface area contributed by atoms with Gasteiger partial charge in [0.2, 0.25) is 20.0 Å². The molecule has 24 heteroatoms. The molecule has 362 valence electrons. The van der Waals surface area contributed by atoms with Gasteiger partial charge in [-0.3, -0.25) is 4.79 Å². The third-order valence-corrected chi connectivity index (χ3v) is 16.1. The number of hydrogen-bond donors (Lipinski definition) is 1. The molecule has 0 bridgehead atoms. The van der Waals surface area contributed by atoms with Gasteiger partial charge < -0.3 is 14.9 Å². The number of aliphatic hydroxyl groups excluding tert-OH is 1. The van der Waals surface area contributed by atoms with E-state index in [9.17, 15) is 35.5 Å². The van der Waals surface area contributed by atoms with Crippen molar-refractivity contribution in [1.82, 2.24) is 47.8 Å². The van der Waals surface area contributed by atoms with Gasteiger partial charge >= 0.3 is 0 Å². The second kappa shape index (κ2) is 19.6. The smallest absolute Gasteiger partial charge is 0.211 e. The number of aromatic nitrogens is 8. The summed E-state index contributed by atoms with van der Waals surface area (Å²) in [6.07, 6.45) is 7.89. The van der Waals surface area contributed by atoms with Crippen LogP contribution in [0.15, 0.2) is 95.7 Å². The van der Waals surface area contributed by atoms with Crippen LogP contribution >= 0.6 is 22.7 Å². The Morgan fingerprint density at radius 1 is 0.629 bits per heavy atom. The largest absolute Gasteiger partial charge is 0.390 e. The van der Waals surface area contributed by atoms with E-state index in [4.69, 9.17) is 10.2 Å². The first-order chi connectivity index (χ1) is 33.5. The van der Waals surface area contributed by atoms with E-state index in [1.54, 1.807) is 51.3 Å². The van der Waals surface area contributed by atoms with Crippen LogP contribution in [0.4, 0.5) is 30.7 Å². The Morgan fingerprint density at radius 3 is 1.49 bits per heavy atom. The topological polar surface area (TPSA) is 205 Å². The number of halogens is 2. The maximum atomic E-state index is 13.3. The van der Waals surface area contributed by atoms with E-state index in [2.05, 4.69) is 19.9 Å². The van der Waals surface area contributed by atoms with Gasteiger partial charge in [-0.1, -0.05) is 12.2 Å². The van der Waals surface area contributed by atoms with E-state index in [-0.39, 0.29) is 30.5 Å². The van der Waals surface area contributed by atoms with Crippen molar-refractivity contribution in [3.05, 3.63) is 130 Å². The van der Waals surface area contributed by atoms with Crippen molar-refractivity contribution in [2.75, 3.05) is 62.6 Å². The van der Waals surface area contributed by atoms with Gasteiger partial charge in [-0.05, 0) is 96.8 Å². The summed E-state index contributed by atoms with van der Waals surface area (Å²) in [5.74, 6) is 0.421. The molecule has 0 unspecified atom stereocenters. The van der Waals surface area contributed by atoms with Crippen LogP contribution in [0.5, 0.6) is 0 Å². The van der Waals surface area contributed by atoms with Crippen LogP contribution in [0.2, 0.25) is 0 Å². The van der Waals surface area contributed by atoms with Crippen molar-refractivity contribution in [3.63, 3.8) is 0 Å². The van der Waals surface area contributed by atoms with Gasteiger partial charge in [0.25, 0.3) is 0 Å². The van der Waals surface area contributed by atoms with Gasteiger partial charge in [0.1, 0.15) is 23.0 Å². The number of aliphatic hydroxyl groups is 1. The first-order valence-electron chi connectivity index (χ1n) is 21.5. The SMILES string of the molecule is CN(c1nc(-c2ccc(F)cc2)cs1)c1c(C=O)nc2ccc(C3=CCN(S(C)(=O)=O)CC3)nn12.CN(c1nc(-c2ccc(F)cc2)cs1)c1c(CO)nc2ccc(C3=CCN(S(C)(=O)=O)CC3)nn12. The van der Waals surface area contributed by atoms with Crippen molar-refractivity contribution in [2.45, 2.75) is 19.4 Å². The lowest BCUT2D eigenvalue weighted by Crippen LogP contribution is -2.33. The monoisotopic (exact) mass is 1030 g/mol. The molecule has 70 heavy (non-hydrogen) atoms. The van der Waals surface area contributed by atoms with Crippen LogP contribution in [0.25, 0.3) is 45.0 Å². The molecule has 0 fully saturated rings. The molecule has 0 saturated heterocycles. The normalized spacial score (nSPS) is 14.8. The molecule has 2 aromatic carbocycles. The second-order valence-corrected chi connectivity index (χ2v) is 22.0. The summed E-state index contributed by atoms with van der Waals surface area (Å²) in [5, 5.41) is 24.5. The number of thiazole rings is 2. The van der Waals surface area contributed by atoms with E-state index in [1.807, 2.05) is 53.1 Å². The number of carbonyl (C=O) groups excluding carboxylic acids is 1. The van der Waals surface area contributed by atoms with E-state index < -0.39 is 20.0 Å². The lowest BCUT2D eigenvalue weighted by molar-refractivity contribution is 0.112. The average Bonchev–Trinajstić information content (AvgIpc) is 4.19. The molecule has 18 nitrogen and oxygen atoms in total. The van der Waals surface area contributed by atoms with Gasteiger partial charge in [0, 0.05) is 62.2 Å². The number of anilines is 4. The average molecular weight is 1030 g/mol. The highest BCUT2D eigenvalue weighted by Crippen LogP contribution is 2.36. The van der Waals surface area contributed by atoms with Crippen molar-refractivity contribution in [1.29, 1.82) is 0 Å². The molecule has 2 aliphatic rings. The minimum Gasteiger partial charge on any atom is -0.390 e. The quantitative estimate of drug-likeness (QED) is 0.123. The fourth-order valence-electron chi connectivity index (χ4n) is 7.98. The lowest BCUT2D eigenvalue weighted by Gasteiger charge is -2.24. The molecule has 10 rings (SSSR count). The molecule has 1 N–H and O–H groups in total. The lowest BCUT2D eigenvalue weighted by atomic mass is 10.1. The standard InChI is InChI=1S/C23H23FN6O3S2.C23H21FN6O3S2/c2*1-28(23-26-20(14-34-23)15-3-5-17(24)6-4-15)22-19(13-31)25-21-8-7-18(27-30(21)22)16-9-11-29(12-10-16)35(2,32)33/h3-9,14,31H,10-13H2,1-2H3;3-9,13-14H,10-12H2,1-2H3. The fourth-order valence-corrected chi connectivity index (χ4v) is 11.1.